The predicted octanol–water partition coefficient (Wildman–Crippen LogP) is 6.07. The summed E-state index contributed by atoms with van der Waals surface area (Å²) in [6.07, 6.45) is 9.06. The second-order valence-electron chi connectivity index (χ2n) is 7.45. The molecule has 0 unspecified atom stereocenters. The number of carbonyl (C=O) groups is 2. The molecule has 0 aliphatic rings. The average Bonchev–Trinajstić information content (AvgIpc) is 2.67. The van der Waals surface area contributed by atoms with Crippen LogP contribution in [0.1, 0.15) is 106 Å². The van der Waals surface area contributed by atoms with Crippen molar-refractivity contribution in [2.45, 2.75) is 106 Å². The van der Waals surface area contributed by atoms with E-state index in [4.69, 9.17) is 9.47 Å². The molecule has 0 aliphatic carbocycles. The number of carbonyl (C=O) groups excluding carboxylic acids is 2. The maximum absolute atomic E-state index is 12.6. The monoisotopic (exact) mass is 370 g/mol. The van der Waals surface area contributed by atoms with Crippen molar-refractivity contribution in [2.75, 3.05) is 13.2 Å². The Morgan fingerprint density at radius 2 is 0.923 bits per heavy atom. The van der Waals surface area contributed by atoms with Gasteiger partial charge in [-0.3, -0.25) is 9.59 Å². The minimum Gasteiger partial charge on any atom is -0.462 e. The molecule has 0 amide bonds. The van der Waals surface area contributed by atoms with Gasteiger partial charge in [0, 0.05) is 0 Å². The quantitative estimate of drug-likeness (QED) is 0.259. The summed E-state index contributed by atoms with van der Waals surface area (Å²) in [6, 6.07) is 0. The molecule has 0 radical (unpaired) electrons. The fraction of sp³-hybridized carbons (Fsp3) is 0.909. The molecule has 0 bridgehead atoms. The van der Waals surface area contributed by atoms with Crippen molar-refractivity contribution in [3.8, 4) is 0 Å². The second kappa shape index (κ2) is 13.2. The Hall–Kier alpha value is -1.06. The Kier molecular flexibility index (Phi) is 12.6. The molecule has 0 spiro atoms. The summed E-state index contributed by atoms with van der Waals surface area (Å²) in [6.45, 7) is 12.7. The topological polar surface area (TPSA) is 52.6 Å². The van der Waals surface area contributed by atoms with E-state index >= 15 is 0 Å². The van der Waals surface area contributed by atoms with Gasteiger partial charge in [0.25, 0.3) is 0 Å². The minimum absolute atomic E-state index is 0.143. The van der Waals surface area contributed by atoms with Crippen LogP contribution in [0.15, 0.2) is 0 Å². The third-order valence-electron chi connectivity index (χ3n) is 6.14. The van der Waals surface area contributed by atoms with E-state index in [9.17, 15) is 9.59 Å². The lowest BCUT2D eigenvalue weighted by Crippen LogP contribution is -2.34. The van der Waals surface area contributed by atoms with Gasteiger partial charge in [0.05, 0.1) is 10.8 Å². The van der Waals surface area contributed by atoms with Gasteiger partial charge in [-0.15, -0.1) is 0 Å². The van der Waals surface area contributed by atoms with Gasteiger partial charge in [-0.1, -0.05) is 67.2 Å². The Labute approximate surface area is 161 Å². The molecule has 0 aromatic rings. The van der Waals surface area contributed by atoms with Crippen LogP contribution in [0.25, 0.3) is 0 Å². The van der Waals surface area contributed by atoms with Crippen LogP contribution in [0, 0.1) is 10.8 Å². The second-order valence-corrected chi connectivity index (χ2v) is 7.45. The number of esters is 2. The normalized spacial score (nSPS) is 12.1. The first-order valence-corrected chi connectivity index (χ1v) is 10.8. The van der Waals surface area contributed by atoms with Crippen molar-refractivity contribution in [1.82, 2.24) is 0 Å². The first kappa shape index (κ1) is 24.9. The lowest BCUT2D eigenvalue weighted by Gasteiger charge is -2.30. The van der Waals surface area contributed by atoms with Gasteiger partial charge in [0.2, 0.25) is 0 Å². The Morgan fingerprint density at radius 1 is 0.615 bits per heavy atom. The highest BCUT2D eigenvalue weighted by molar-refractivity contribution is 5.77. The first-order valence-electron chi connectivity index (χ1n) is 10.8. The zero-order valence-electron chi connectivity index (χ0n) is 18.1. The minimum atomic E-state index is -0.391. The molecule has 0 saturated carbocycles. The molecule has 0 rings (SSSR count). The fourth-order valence-electron chi connectivity index (χ4n) is 3.59. The third-order valence-corrected chi connectivity index (χ3v) is 6.14. The summed E-state index contributed by atoms with van der Waals surface area (Å²) in [5, 5.41) is 0. The fourth-order valence-corrected chi connectivity index (χ4v) is 3.59. The number of rotatable bonds is 15. The van der Waals surface area contributed by atoms with E-state index in [1.54, 1.807) is 0 Å². The van der Waals surface area contributed by atoms with Crippen molar-refractivity contribution in [3.63, 3.8) is 0 Å². The van der Waals surface area contributed by atoms with Crippen LogP contribution in [-0.4, -0.2) is 25.2 Å². The highest BCUT2D eigenvalue weighted by atomic mass is 16.6. The Morgan fingerprint density at radius 3 is 1.15 bits per heavy atom. The van der Waals surface area contributed by atoms with Crippen LogP contribution in [0.4, 0.5) is 0 Å². The Balaban J connectivity index is 4.57. The van der Waals surface area contributed by atoms with Crippen molar-refractivity contribution < 1.29 is 19.1 Å². The molecule has 26 heavy (non-hydrogen) atoms. The van der Waals surface area contributed by atoms with Crippen molar-refractivity contribution >= 4 is 11.9 Å². The van der Waals surface area contributed by atoms with E-state index in [-0.39, 0.29) is 25.2 Å². The molecule has 0 heterocycles. The van der Waals surface area contributed by atoms with Crippen molar-refractivity contribution in [1.29, 1.82) is 0 Å². The summed E-state index contributed by atoms with van der Waals surface area (Å²) in [7, 11) is 0. The molecule has 4 heteroatoms. The maximum atomic E-state index is 12.6. The van der Waals surface area contributed by atoms with E-state index in [1.165, 1.54) is 0 Å². The highest BCUT2D eigenvalue weighted by Crippen LogP contribution is 2.35. The molecule has 0 aliphatic heterocycles. The lowest BCUT2D eigenvalue weighted by molar-refractivity contribution is -0.166. The van der Waals surface area contributed by atoms with Gasteiger partial charge in [0.15, 0.2) is 0 Å². The molecule has 0 atom stereocenters. The van der Waals surface area contributed by atoms with E-state index in [1.807, 2.05) is 27.7 Å². The molecule has 0 aromatic carbocycles. The SMILES string of the molecule is CCCCC(CC)(CC)C(=O)OCCOC(=O)C(CC)(CC)CCCC. The molecule has 0 saturated heterocycles. The largest absolute Gasteiger partial charge is 0.462 e. The van der Waals surface area contributed by atoms with Gasteiger partial charge in [-0.05, 0) is 38.5 Å². The number of hydrogen-bond acceptors (Lipinski definition) is 4. The van der Waals surface area contributed by atoms with E-state index in [0.29, 0.717) is 0 Å². The molecule has 0 aromatic heterocycles. The molecular weight excluding hydrogens is 328 g/mol. The summed E-state index contributed by atoms with van der Waals surface area (Å²) in [4.78, 5) is 25.1. The van der Waals surface area contributed by atoms with E-state index in [0.717, 1.165) is 64.2 Å². The summed E-state index contributed by atoms with van der Waals surface area (Å²) in [5.41, 5.74) is -0.782. The number of hydrogen-bond donors (Lipinski definition) is 0. The zero-order valence-corrected chi connectivity index (χ0v) is 18.1. The molecular formula is C22H42O4. The van der Waals surface area contributed by atoms with Crippen LogP contribution in [0.2, 0.25) is 0 Å². The Bertz CT molecular complexity index is 357. The van der Waals surface area contributed by atoms with E-state index < -0.39 is 10.8 Å². The maximum Gasteiger partial charge on any atom is 0.312 e. The van der Waals surface area contributed by atoms with Crippen LogP contribution in [0.5, 0.6) is 0 Å². The number of unbranched alkanes of at least 4 members (excludes halogenated alkanes) is 2. The van der Waals surface area contributed by atoms with Crippen LogP contribution in [0.3, 0.4) is 0 Å². The molecule has 4 nitrogen and oxygen atoms in total. The zero-order chi connectivity index (χ0) is 20.1. The standard InChI is InChI=1S/C22H42O4/c1-7-13-15-21(9-3,10-4)19(23)25-17-18-26-20(24)22(11-5,12-6)16-14-8-2/h7-18H2,1-6H3. The van der Waals surface area contributed by atoms with Gasteiger partial charge >= 0.3 is 11.9 Å². The van der Waals surface area contributed by atoms with Crippen molar-refractivity contribution in [3.05, 3.63) is 0 Å². The summed E-state index contributed by atoms with van der Waals surface area (Å²) >= 11 is 0. The van der Waals surface area contributed by atoms with Gasteiger partial charge < -0.3 is 9.47 Å². The lowest BCUT2D eigenvalue weighted by atomic mass is 9.78. The van der Waals surface area contributed by atoms with Gasteiger partial charge in [0.1, 0.15) is 13.2 Å². The van der Waals surface area contributed by atoms with Crippen LogP contribution < -0.4 is 0 Å². The predicted molar refractivity (Wildman–Crippen MR) is 107 cm³/mol. The first-order chi connectivity index (χ1) is 12.4. The summed E-state index contributed by atoms with van der Waals surface area (Å²) in [5.74, 6) is -0.287. The molecule has 154 valence electrons. The molecule has 0 N–H and O–H groups in total. The highest BCUT2D eigenvalue weighted by Gasteiger charge is 2.37. The smallest absolute Gasteiger partial charge is 0.312 e. The van der Waals surface area contributed by atoms with Crippen molar-refractivity contribution in [2.24, 2.45) is 10.8 Å². The number of ether oxygens (including phenoxy) is 2. The van der Waals surface area contributed by atoms with E-state index in [2.05, 4.69) is 13.8 Å². The van der Waals surface area contributed by atoms with Crippen LogP contribution >= 0.6 is 0 Å². The van der Waals surface area contributed by atoms with Gasteiger partial charge in [-0.2, -0.15) is 0 Å². The molecule has 0 fully saturated rings. The average molecular weight is 371 g/mol. The summed E-state index contributed by atoms with van der Waals surface area (Å²) < 4.78 is 11.0. The third kappa shape index (κ3) is 6.92. The van der Waals surface area contributed by atoms with Crippen LogP contribution in [-0.2, 0) is 19.1 Å². The van der Waals surface area contributed by atoms with Gasteiger partial charge in [-0.25, -0.2) is 0 Å².